The Morgan fingerprint density at radius 1 is 0.842 bits per heavy atom. The molecule has 3 saturated heterocycles. The van der Waals surface area contributed by atoms with Crippen LogP contribution in [0.15, 0.2) is 78.9 Å². The van der Waals surface area contributed by atoms with Crippen LogP contribution in [0.4, 0.5) is 4.79 Å². The molecule has 12 nitrogen and oxygen atoms in total. The highest BCUT2D eigenvalue weighted by Gasteiger charge is 2.44. The molecular formula is C45H56N4O8. The molecule has 4 fully saturated rings. The summed E-state index contributed by atoms with van der Waals surface area (Å²) in [4.78, 5) is 56.0. The Morgan fingerprint density at radius 2 is 1.54 bits per heavy atom. The fourth-order valence-corrected chi connectivity index (χ4v) is 8.83. The van der Waals surface area contributed by atoms with E-state index < -0.39 is 24.3 Å². The zero-order chi connectivity index (χ0) is 40.1. The summed E-state index contributed by atoms with van der Waals surface area (Å²) in [6.45, 7) is 6.72. The van der Waals surface area contributed by atoms with Gasteiger partial charge in [0.1, 0.15) is 12.6 Å². The average Bonchev–Trinajstić information content (AvgIpc) is 3.47. The number of nitrogens with zero attached hydrogens (tertiary/aromatic N) is 2. The number of hydrogen-bond acceptors (Lipinski definition) is 9. The Labute approximate surface area is 335 Å². The summed E-state index contributed by atoms with van der Waals surface area (Å²) in [5.74, 6) is -0.218. The van der Waals surface area contributed by atoms with Gasteiger partial charge in [-0.2, -0.15) is 0 Å². The number of carbonyl (C=O) groups is 4. The molecule has 3 heterocycles. The first-order chi connectivity index (χ1) is 27.4. The van der Waals surface area contributed by atoms with Crippen molar-refractivity contribution in [3.8, 4) is 0 Å². The summed E-state index contributed by atoms with van der Waals surface area (Å²) in [5, 5.41) is 15.5. The third-order valence-corrected chi connectivity index (χ3v) is 11.7. The number of carbonyl (C=O) groups excluding carboxylic acids is 4. The van der Waals surface area contributed by atoms with Crippen molar-refractivity contribution in [1.82, 2.24) is 20.4 Å². The molecule has 0 bridgehead atoms. The van der Waals surface area contributed by atoms with Crippen LogP contribution in [-0.2, 0) is 48.4 Å². The van der Waals surface area contributed by atoms with Gasteiger partial charge in [-0.25, -0.2) is 4.79 Å². The Bertz CT molecular complexity index is 1860. The van der Waals surface area contributed by atoms with Gasteiger partial charge < -0.3 is 30.0 Å². The predicted octanol–water partition coefficient (Wildman–Crippen LogP) is 6.22. The van der Waals surface area contributed by atoms with E-state index in [1.807, 2.05) is 99.6 Å². The third kappa shape index (κ3) is 10.1. The maximum absolute atomic E-state index is 13.8. The molecule has 3 aliphatic heterocycles. The molecule has 1 aliphatic carbocycles. The van der Waals surface area contributed by atoms with E-state index in [0.717, 1.165) is 58.4 Å². The fraction of sp³-hybridized carbons (Fsp3) is 0.511. The van der Waals surface area contributed by atoms with Gasteiger partial charge in [0, 0.05) is 30.1 Å². The number of piperidine rings is 1. The van der Waals surface area contributed by atoms with Gasteiger partial charge in [-0.1, -0.05) is 91.7 Å². The lowest BCUT2D eigenvalue weighted by molar-refractivity contribution is -0.255. The van der Waals surface area contributed by atoms with Crippen LogP contribution in [0.1, 0.15) is 112 Å². The summed E-state index contributed by atoms with van der Waals surface area (Å²) in [7, 11) is 0. The number of fused-ring (bicyclic) bond motifs is 1. The number of nitrogens with one attached hydrogen (secondary N) is 2. The van der Waals surface area contributed by atoms with Crippen LogP contribution in [-0.4, -0.2) is 75.0 Å². The number of aliphatic hydroxyl groups excluding tert-OH is 1. The highest BCUT2D eigenvalue weighted by molar-refractivity contribution is 6.06. The largest absolute Gasteiger partial charge is 0.445 e. The molecular weight excluding hydrogens is 725 g/mol. The van der Waals surface area contributed by atoms with E-state index in [1.165, 1.54) is 12.8 Å². The topological polar surface area (TPSA) is 147 Å². The van der Waals surface area contributed by atoms with Crippen molar-refractivity contribution >= 4 is 23.8 Å². The van der Waals surface area contributed by atoms with Gasteiger partial charge in [0.05, 0.1) is 37.8 Å². The Balaban J connectivity index is 1.05. The van der Waals surface area contributed by atoms with Crippen LogP contribution in [0.5, 0.6) is 0 Å². The van der Waals surface area contributed by atoms with Gasteiger partial charge >= 0.3 is 6.09 Å². The van der Waals surface area contributed by atoms with Crippen molar-refractivity contribution in [2.45, 2.75) is 134 Å². The van der Waals surface area contributed by atoms with Crippen molar-refractivity contribution in [2.75, 3.05) is 6.54 Å². The maximum Gasteiger partial charge on any atom is 0.408 e. The van der Waals surface area contributed by atoms with Crippen molar-refractivity contribution in [3.05, 3.63) is 107 Å². The van der Waals surface area contributed by atoms with Gasteiger partial charge in [-0.05, 0) is 74.6 Å². The molecule has 4 amide bonds. The van der Waals surface area contributed by atoms with Gasteiger partial charge in [-0.3, -0.25) is 24.2 Å². The van der Waals surface area contributed by atoms with Crippen molar-refractivity contribution in [2.24, 2.45) is 5.92 Å². The molecule has 57 heavy (non-hydrogen) atoms. The lowest BCUT2D eigenvalue weighted by atomic mass is 9.75. The van der Waals surface area contributed by atoms with E-state index in [0.29, 0.717) is 24.9 Å². The lowest BCUT2D eigenvalue weighted by Crippen LogP contribution is -2.61. The molecule has 0 radical (unpaired) electrons. The van der Waals surface area contributed by atoms with Crippen LogP contribution in [0.2, 0.25) is 0 Å². The highest BCUT2D eigenvalue weighted by Crippen LogP contribution is 2.42. The number of rotatable bonds is 11. The number of likely N-dealkylation sites (tertiary alicyclic amines) is 2. The van der Waals surface area contributed by atoms with Gasteiger partial charge in [0.25, 0.3) is 5.91 Å². The molecule has 3 N–H and O–H groups in total. The van der Waals surface area contributed by atoms with Crippen LogP contribution in [0.25, 0.3) is 0 Å². The van der Waals surface area contributed by atoms with Gasteiger partial charge in [0.15, 0.2) is 6.29 Å². The second-order valence-corrected chi connectivity index (χ2v) is 17.0. The van der Waals surface area contributed by atoms with E-state index in [9.17, 15) is 24.3 Å². The second kappa shape index (κ2) is 17.9. The summed E-state index contributed by atoms with van der Waals surface area (Å²) in [5.41, 5.74) is 3.80. The second-order valence-electron chi connectivity index (χ2n) is 17.0. The smallest absolute Gasteiger partial charge is 0.408 e. The van der Waals surface area contributed by atoms with Gasteiger partial charge in [-0.15, -0.1) is 0 Å². The number of aliphatic hydroxyl groups is 1. The zero-order valence-electron chi connectivity index (χ0n) is 33.2. The summed E-state index contributed by atoms with van der Waals surface area (Å²) < 4.78 is 18.7. The van der Waals surface area contributed by atoms with Crippen LogP contribution < -0.4 is 10.6 Å². The SMILES string of the molecule is CC(C)(C)NC(=O)[C@H]1CC[C@H]2CCCC[C@H]2N1C[C@H]1C[C@@H](c2ccc(CO)cc2)O[C@@H](c2ccc(CN3C(=O)CC(NC(=O)OCc4ccccc4)C3=O)cc2)O1. The molecule has 304 valence electrons. The van der Waals surface area contributed by atoms with E-state index in [-0.39, 0.29) is 61.8 Å². The van der Waals surface area contributed by atoms with E-state index >= 15 is 0 Å². The zero-order valence-corrected chi connectivity index (χ0v) is 33.2. The first-order valence-electron chi connectivity index (χ1n) is 20.4. The fourth-order valence-electron chi connectivity index (χ4n) is 8.83. The predicted molar refractivity (Wildman–Crippen MR) is 212 cm³/mol. The summed E-state index contributed by atoms with van der Waals surface area (Å²) in [6.07, 6.45) is 4.98. The number of benzene rings is 3. The number of amides is 4. The molecule has 7 atom stereocenters. The standard InChI is InChI=1S/C45H56N4O8/c1-45(2,3)47-41(52)38-22-21-32-11-7-8-12-37(32)48(38)26-35-23-39(33-17-15-30(27-50)16-18-33)57-43(56-35)34-19-13-29(14-20-34)25-49-40(51)24-36(42(49)53)46-44(54)55-28-31-9-5-4-6-10-31/h4-6,9-10,13-20,32,35-39,43,50H,7-8,11-12,21-28H2,1-3H3,(H,46,54)(H,47,52)/t32-,35-,36?,37-,38-,39+,43+/m1/s1. The molecule has 7 rings (SSSR count). The number of ether oxygens (including phenoxy) is 3. The monoisotopic (exact) mass is 780 g/mol. The minimum absolute atomic E-state index is 0.0465. The minimum Gasteiger partial charge on any atom is -0.445 e. The van der Waals surface area contributed by atoms with E-state index in [4.69, 9.17) is 14.2 Å². The third-order valence-electron chi connectivity index (χ3n) is 11.7. The van der Waals surface area contributed by atoms with Crippen LogP contribution in [0.3, 0.4) is 0 Å². The van der Waals surface area contributed by atoms with Crippen LogP contribution >= 0.6 is 0 Å². The molecule has 12 heteroatoms. The highest BCUT2D eigenvalue weighted by atomic mass is 16.7. The number of hydrogen-bond donors (Lipinski definition) is 3. The molecule has 1 unspecified atom stereocenters. The molecule has 0 spiro atoms. The molecule has 3 aromatic carbocycles. The van der Waals surface area contributed by atoms with Crippen molar-refractivity contribution in [1.29, 1.82) is 0 Å². The lowest BCUT2D eigenvalue weighted by Gasteiger charge is -2.50. The first kappa shape index (κ1) is 40.6. The summed E-state index contributed by atoms with van der Waals surface area (Å²) in [6, 6.07) is 23.6. The average molecular weight is 781 g/mol. The van der Waals surface area contributed by atoms with Crippen molar-refractivity contribution in [3.63, 3.8) is 0 Å². The maximum atomic E-state index is 13.8. The minimum atomic E-state index is -0.993. The molecule has 1 saturated carbocycles. The van der Waals surface area contributed by atoms with Gasteiger partial charge in [0.2, 0.25) is 11.8 Å². The number of alkyl carbamates (subject to hydrolysis) is 1. The number of imide groups is 1. The molecule has 4 aliphatic rings. The quantitative estimate of drug-likeness (QED) is 0.193. The van der Waals surface area contributed by atoms with Crippen molar-refractivity contribution < 1.29 is 38.5 Å². The summed E-state index contributed by atoms with van der Waals surface area (Å²) >= 11 is 0. The normalized spacial score (nSPS) is 26.8. The molecule has 3 aromatic rings. The first-order valence-corrected chi connectivity index (χ1v) is 20.4. The Morgan fingerprint density at radius 3 is 2.26 bits per heavy atom. The Hall–Kier alpha value is -4.62. The molecule has 0 aromatic heterocycles. The van der Waals surface area contributed by atoms with E-state index in [2.05, 4.69) is 15.5 Å². The van der Waals surface area contributed by atoms with E-state index in [1.54, 1.807) is 0 Å². The Kier molecular flexibility index (Phi) is 12.7. The van der Waals surface area contributed by atoms with Crippen LogP contribution in [0, 0.1) is 5.92 Å².